The molecule has 0 bridgehead atoms. The van der Waals surface area contributed by atoms with Crippen LogP contribution in [0.2, 0.25) is 0 Å². The van der Waals surface area contributed by atoms with Crippen molar-refractivity contribution in [2.75, 3.05) is 6.61 Å². The Kier molecular flexibility index (Phi) is 3.84. The molecule has 0 spiro atoms. The van der Waals surface area contributed by atoms with E-state index in [1.165, 1.54) is 0 Å². The summed E-state index contributed by atoms with van der Waals surface area (Å²) in [6.07, 6.45) is 2.85. The highest BCUT2D eigenvalue weighted by Crippen LogP contribution is 2.25. The summed E-state index contributed by atoms with van der Waals surface area (Å²) in [4.78, 5) is 23.2. The molecule has 0 saturated heterocycles. The van der Waals surface area contributed by atoms with Crippen molar-refractivity contribution in [3.8, 4) is 0 Å². The van der Waals surface area contributed by atoms with Crippen molar-refractivity contribution in [2.45, 2.75) is 46.1 Å². The highest BCUT2D eigenvalue weighted by molar-refractivity contribution is 5.98. The van der Waals surface area contributed by atoms with E-state index in [4.69, 9.17) is 4.74 Å². The molecule has 1 heterocycles. The van der Waals surface area contributed by atoms with Crippen LogP contribution in [-0.2, 0) is 22.5 Å². The zero-order valence-corrected chi connectivity index (χ0v) is 11.0. The summed E-state index contributed by atoms with van der Waals surface area (Å²) >= 11 is 0. The van der Waals surface area contributed by atoms with Gasteiger partial charge in [0.2, 0.25) is 0 Å². The van der Waals surface area contributed by atoms with Gasteiger partial charge in [0.15, 0.2) is 5.78 Å². The van der Waals surface area contributed by atoms with Crippen molar-refractivity contribution in [3.63, 3.8) is 0 Å². The van der Waals surface area contributed by atoms with Gasteiger partial charge in [-0.2, -0.15) is 0 Å². The molecule has 4 heteroatoms. The molecule has 0 saturated carbocycles. The molecule has 18 heavy (non-hydrogen) atoms. The number of fused-ring (bicyclic) bond motifs is 1. The van der Waals surface area contributed by atoms with Gasteiger partial charge in [-0.1, -0.05) is 0 Å². The van der Waals surface area contributed by atoms with E-state index in [2.05, 4.69) is 4.57 Å². The third-order valence-corrected chi connectivity index (χ3v) is 3.38. The third kappa shape index (κ3) is 2.47. The normalized spacial score (nSPS) is 14.4. The van der Waals surface area contributed by atoms with Crippen LogP contribution in [0.3, 0.4) is 0 Å². The predicted molar refractivity (Wildman–Crippen MR) is 67.7 cm³/mol. The average Bonchev–Trinajstić information content (AvgIpc) is 2.65. The Hall–Kier alpha value is -1.58. The van der Waals surface area contributed by atoms with Crippen LogP contribution in [0.15, 0.2) is 6.07 Å². The van der Waals surface area contributed by atoms with Gasteiger partial charge in [0.25, 0.3) is 0 Å². The fourth-order valence-corrected chi connectivity index (χ4v) is 2.54. The van der Waals surface area contributed by atoms with Gasteiger partial charge in [-0.3, -0.25) is 9.59 Å². The molecular weight excluding hydrogens is 230 g/mol. The van der Waals surface area contributed by atoms with Crippen molar-refractivity contribution < 1.29 is 14.3 Å². The first-order valence-electron chi connectivity index (χ1n) is 6.51. The summed E-state index contributed by atoms with van der Waals surface area (Å²) in [7, 11) is 0. The van der Waals surface area contributed by atoms with Crippen LogP contribution in [0.4, 0.5) is 0 Å². The number of esters is 1. The number of rotatable bonds is 4. The number of hydrogen-bond acceptors (Lipinski definition) is 3. The van der Waals surface area contributed by atoms with Crippen LogP contribution in [-0.4, -0.2) is 22.9 Å². The van der Waals surface area contributed by atoms with E-state index in [9.17, 15) is 9.59 Å². The maximum Gasteiger partial charge on any atom is 0.307 e. The number of aryl methyl sites for hydroxylation is 1. The van der Waals surface area contributed by atoms with Crippen molar-refractivity contribution in [1.29, 1.82) is 0 Å². The molecule has 1 aromatic rings. The number of aromatic nitrogens is 1. The van der Waals surface area contributed by atoms with Gasteiger partial charge in [0.05, 0.1) is 13.0 Å². The van der Waals surface area contributed by atoms with Crippen LogP contribution < -0.4 is 0 Å². The molecule has 98 valence electrons. The number of hydrogen-bond donors (Lipinski definition) is 0. The summed E-state index contributed by atoms with van der Waals surface area (Å²) in [5.74, 6) is 0.0516. The molecular formula is C14H19NO3. The first-order chi connectivity index (χ1) is 8.63. The SMILES string of the molecule is CCOC(=O)CCn1c(C)cc2c1CCCC2=O. The van der Waals surface area contributed by atoms with E-state index >= 15 is 0 Å². The number of carbonyl (C=O) groups is 2. The molecule has 0 aromatic carbocycles. The first kappa shape index (κ1) is 12.9. The molecule has 1 aliphatic rings. The Labute approximate surface area is 107 Å². The van der Waals surface area contributed by atoms with Gasteiger partial charge in [0.1, 0.15) is 0 Å². The fourth-order valence-electron chi connectivity index (χ4n) is 2.54. The number of ether oxygens (including phenoxy) is 1. The van der Waals surface area contributed by atoms with Gasteiger partial charge < -0.3 is 9.30 Å². The van der Waals surface area contributed by atoms with Crippen molar-refractivity contribution in [2.24, 2.45) is 0 Å². The standard InChI is InChI=1S/C14H19NO3/c1-3-18-14(17)7-8-15-10(2)9-11-12(15)5-4-6-13(11)16/h9H,3-8H2,1-2H3. The molecule has 4 nitrogen and oxygen atoms in total. The smallest absolute Gasteiger partial charge is 0.307 e. The third-order valence-electron chi connectivity index (χ3n) is 3.38. The molecule has 0 atom stereocenters. The summed E-state index contributed by atoms with van der Waals surface area (Å²) in [5.41, 5.74) is 3.00. The van der Waals surface area contributed by atoms with E-state index in [1.807, 2.05) is 13.0 Å². The van der Waals surface area contributed by atoms with Gasteiger partial charge in [-0.05, 0) is 32.8 Å². The molecule has 0 radical (unpaired) electrons. The Morgan fingerprint density at radius 1 is 1.44 bits per heavy atom. The summed E-state index contributed by atoms with van der Waals surface area (Å²) in [6.45, 7) is 4.81. The second-order valence-corrected chi connectivity index (χ2v) is 4.63. The average molecular weight is 249 g/mol. The second kappa shape index (κ2) is 5.38. The number of nitrogens with zero attached hydrogens (tertiary/aromatic N) is 1. The lowest BCUT2D eigenvalue weighted by molar-refractivity contribution is -0.143. The van der Waals surface area contributed by atoms with E-state index in [0.29, 0.717) is 26.0 Å². The lowest BCUT2D eigenvalue weighted by Crippen LogP contribution is -2.16. The van der Waals surface area contributed by atoms with Crippen LogP contribution in [0.1, 0.15) is 47.9 Å². The van der Waals surface area contributed by atoms with E-state index < -0.39 is 0 Å². The summed E-state index contributed by atoms with van der Waals surface area (Å²) in [6, 6.07) is 1.95. The highest BCUT2D eigenvalue weighted by Gasteiger charge is 2.22. The van der Waals surface area contributed by atoms with Gasteiger partial charge in [0, 0.05) is 29.9 Å². The summed E-state index contributed by atoms with van der Waals surface area (Å²) in [5, 5.41) is 0. The van der Waals surface area contributed by atoms with E-state index in [-0.39, 0.29) is 11.8 Å². The lowest BCUT2D eigenvalue weighted by atomic mass is 9.96. The van der Waals surface area contributed by atoms with Crippen LogP contribution in [0.5, 0.6) is 0 Å². The van der Waals surface area contributed by atoms with Crippen LogP contribution >= 0.6 is 0 Å². The van der Waals surface area contributed by atoms with Crippen molar-refractivity contribution >= 4 is 11.8 Å². The topological polar surface area (TPSA) is 48.3 Å². The van der Waals surface area contributed by atoms with Gasteiger partial charge >= 0.3 is 5.97 Å². The molecule has 2 rings (SSSR count). The van der Waals surface area contributed by atoms with Crippen molar-refractivity contribution in [1.82, 2.24) is 4.57 Å². The van der Waals surface area contributed by atoms with Crippen LogP contribution in [0, 0.1) is 6.92 Å². The maximum absolute atomic E-state index is 11.8. The maximum atomic E-state index is 11.8. The van der Waals surface area contributed by atoms with E-state index in [1.54, 1.807) is 6.92 Å². The zero-order valence-electron chi connectivity index (χ0n) is 11.0. The van der Waals surface area contributed by atoms with Crippen LogP contribution in [0.25, 0.3) is 0 Å². The minimum Gasteiger partial charge on any atom is -0.466 e. The Morgan fingerprint density at radius 3 is 2.94 bits per heavy atom. The summed E-state index contributed by atoms with van der Waals surface area (Å²) < 4.78 is 7.01. The Bertz CT molecular complexity index is 474. The number of carbonyl (C=O) groups excluding carboxylic acids is 2. The molecule has 1 aromatic heterocycles. The molecule has 0 amide bonds. The Morgan fingerprint density at radius 2 is 2.22 bits per heavy atom. The number of ketones is 1. The second-order valence-electron chi connectivity index (χ2n) is 4.63. The molecule has 0 aliphatic heterocycles. The highest BCUT2D eigenvalue weighted by atomic mass is 16.5. The van der Waals surface area contributed by atoms with Gasteiger partial charge in [-0.25, -0.2) is 0 Å². The number of Topliss-reactive ketones (excluding diaryl/α,β-unsaturated/α-hetero) is 1. The first-order valence-corrected chi connectivity index (χ1v) is 6.51. The molecule has 0 unspecified atom stereocenters. The van der Waals surface area contributed by atoms with E-state index in [0.717, 1.165) is 29.8 Å². The minimum atomic E-state index is -0.179. The largest absolute Gasteiger partial charge is 0.466 e. The lowest BCUT2D eigenvalue weighted by Gasteiger charge is -2.15. The Balaban J connectivity index is 2.13. The predicted octanol–water partition coefficient (Wildman–Crippen LogP) is 2.27. The quantitative estimate of drug-likeness (QED) is 0.769. The monoisotopic (exact) mass is 249 g/mol. The molecule has 1 aliphatic carbocycles. The fraction of sp³-hybridized carbons (Fsp3) is 0.571. The molecule has 0 fully saturated rings. The van der Waals surface area contributed by atoms with Crippen molar-refractivity contribution in [3.05, 3.63) is 23.0 Å². The molecule has 0 N–H and O–H groups in total. The van der Waals surface area contributed by atoms with Gasteiger partial charge in [-0.15, -0.1) is 0 Å². The zero-order chi connectivity index (χ0) is 13.1. The minimum absolute atomic E-state index is 0.179.